The summed E-state index contributed by atoms with van der Waals surface area (Å²) in [5.74, 6) is 0.0342. The van der Waals surface area contributed by atoms with Gasteiger partial charge in [-0.1, -0.05) is 0 Å². The van der Waals surface area contributed by atoms with Gasteiger partial charge in [0, 0.05) is 18.6 Å². The zero-order valence-corrected chi connectivity index (χ0v) is 8.32. The van der Waals surface area contributed by atoms with E-state index in [0.717, 1.165) is 6.26 Å². The van der Waals surface area contributed by atoms with E-state index in [-0.39, 0.29) is 18.7 Å². The third kappa shape index (κ3) is 6.54. The van der Waals surface area contributed by atoms with E-state index in [1.54, 1.807) is 0 Å². The summed E-state index contributed by atoms with van der Waals surface area (Å²) in [6.45, 7) is 1.33. The summed E-state index contributed by atoms with van der Waals surface area (Å²) in [5.41, 5.74) is 3.71. The number of hydrogen-bond acceptors (Lipinski definition) is 3. The number of alkyl halides is 1. The first-order valence-corrected chi connectivity index (χ1v) is 5.90. The van der Waals surface area contributed by atoms with E-state index in [1.807, 2.05) is 0 Å². The zero-order valence-electron chi connectivity index (χ0n) is 7.51. The lowest BCUT2D eigenvalue weighted by Crippen LogP contribution is -2.29. The maximum atomic E-state index is 13.1. The first-order valence-electron chi connectivity index (χ1n) is 3.83. The molecule has 0 saturated carbocycles. The summed E-state index contributed by atoms with van der Waals surface area (Å²) >= 11 is 0. The van der Waals surface area contributed by atoms with Crippen molar-refractivity contribution in [2.45, 2.75) is 25.4 Å². The van der Waals surface area contributed by atoms with Crippen LogP contribution in [0.5, 0.6) is 0 Å². The van der Waals surface area contributed by atoms with Crippen LogP contribution in [0.15, 0.2) is 0 Å². The summed E-state index contributed by atoms with van der Waals surface area (Å²) in [4.78, 5) is 0. The highest BCUT2D eigenvalue weighted by atomic mass is 32.2. The largest absolute Gasteiger partial charge is 0.328 e. The van der Waals surface area contributed by atoms with E-state index in [4.69, 9.17) is 5.73 Å². The summed E-state index contributed by atoms with van der Waals surface area (Å²) in [6, 6.07) is 0. The van der Waals surface area contributed by atoms with Crippen molar-refractivity contribution in [2.24, 2.45) is 5.73 Å². The van der Waals surface area contributed by atoms with E-state index in [0.29, 0.717) is 6.42 Å². The lowest BCUT2D eigenvalue weighted by molar-refractivity contribution is 0.184. The van der Waals surface area contributed by atoms with E-state index in [1.165, 1.54) is 6.92 Å². The fraction of sp³-hybridized carbons (Fsp3) is 1.00. The maximum Gasteiger partial charge on any atom is 0.147 e. The Balaban J connectivity index is 3.72. The second kappa shape index (κ2) is 4.18. The van der Waals surface area contributed by atoms with Gasteiger partial charge in [-0.25, -0.2) is 12.8 Å². The molecule has 0 aliphatic rings. The van der Waals surface area contributed by atoms with Crippen molar-refractivity contribution >= 4 is 9.84 Å². The topological polar surface area (TPSA) is 60.2 Å². The fourth-order valence-corrected chi connectivity index (χ4v) is 1.47. The Labute approximate surface area is 73.1 Å². The molecular formula is C7H16FNO2S. The number of hydrogen-bond donors (Lipinski definition) is 1. The summed E-state index contributed by atoms with van der Waals surface area (Å²) in [6.07, 6.45) is 1.69. The van der Waals surface area contributed by atoms with Crippen LogP contribution in [0.3, 0.4) is 0 Å². The van der Waals surface area contributed by atoms with Crippen LogP contribution in [0.1, 0.15) is 19.8 Å². The Kier molecular flexibility index (Phi) is 4.13. The molecule has 0 rings (SSSR count). The highest BCUT2D eigenvalue weighted by molar-refractivity contribution is 7.90. The van der Waals surface area contributed by atoms with Gasteiger partial charge < -0.3 is 5.73 Å². The molecule has 2 N–H and O–H groups in total. The highest BCUT2D eigenvalue weighted by Crippen LogP contribution is 2.15. The standard InChI is InChI=1S/C7H16FNO2S/c1-7(8,6-9)4-3-5-12(2,10)11/h3-6,9H2,1-2H3. The molecule has 0 radical (unpaired) electrons. The minimum Gasteiger partial charge on any atom is -0.328 e. The van der Waals surface area contributed by atoms with Crippen molar-refractivity contribution in [3.05, 3.63) is 0 Å². The van der Waals surface area contributed by atoms with Crippen molar-refractivity contribution < 1.29 is 12.8 Å². The van der Waals surface area contributed by atoms with Crippen LogP contribution in [0.2, 0.25) is 0 Å². The summed E-state index contributed by atoms with van der Waals surface area (Å²) < 4.78 is 34.4. The molecule has 12 heavy (non-hydrogen) atoms. The SMILES string of the molecule is CC(F)(CN)CCCS(C)(=O)=O. The molecule has 5 heteroatoms. The smallest absolute Gasteiger partial charge is 0.147 e. The lowest BCUT2D eigenvalue weighted by atomic mass is 10.0. The molecule has 0 saturated heterocycles. The molecule has 74 valence electrons. The lowest BCUT2D eigenvalue weighted by Gasteiger charge is -2.16. The van der Waals surface area contributed by atoms with Crippen LogP contribution in [-0.2, 0) is 9.84 Å². The average Bonchev–Trinajstić information content (AvgIpc) is 1.84. The maximum absolute atomic E-state index is 13.1. The van der Waals surface area contributed by atoms with Gasteiger partial charge in [-0.2, -0.15) is 0 Å². The molecule has 0 fully saturated rings. The molecule has 1 atom stereocenters. The molecule has 0 aromatic rings. The Hall–Kier alpha value is -0.160. The first-order chi connectivity index (χ1) is 5.27. The van der Waals surface area contributed by atoms with Crippen molar-refractivity contribution in [1.82, 2.24) is 0 Å². The fourth-order valence-electron chi connectivity index (χ4n) is 0.805. The Morgan fingerprint density at radius 3 is 2.33 bits per heavy atom. The van der Waals surface area contributed by atoms with Crippen molar-refractivity contribution in [3.63, 3.8) is 0 Å². The molecule has 0 heterocycles. The predicted octanol–water partition coefficient (Wildman–Crippen LogP) is 0.498. The van der Waals surface area contributed by atoms with Crippen LogP contribution in [0.25, 0.3) is 0 Å². The first kappa shape index (κ1) is 11.8. The number of halogens is 1. The number of sulfone groups is 1. The van der Waals surface area contributed by atoms with Gasteiger partial charge >= 0.3 is 0 Å². The summed E-state index contributed by atoms with van der Waals surface area (Å²) in [7, 11) is -2.96. The van der Waals surface area contributed by atoms with E-state index in [9.17, 15) is 12.8 Å². The Morgan fingerprint density at radius 1 is 1.50 bits per heavy atom. The molecule has 0 aliphatic carbocycles. The highest BCUT2D eigenvalue weighted by Gasteiger charge is 2.20. The predicted molar refractivity (Wildman–Crippen MR) is 47.5 cm³/mol. The van der Waals surface area contributed by atoms with Crippen molar-refractivity contribution in [2.75, 3.05) is 18.6 Å². The van der Waals surface area contributed by atoms with E-state index < -0.39 is 15.5 Å². The molecule has 0 bridgehead atoms. The van der Waals surface area contributed by atoms with E-state index in [2.05, 4.69) is 0 Å². The van der Waals surface area contributed by atoms with Gasteiger partial charge in [-0.15, -0.1) is 0 Å². The summed E-state index contributed by atoms with van der Waals surface area (Å²) in [5, 5.41) is 0. The quantitative estimate of drug-likeness (QED) is 0.698. The normalized spacial score (nSPS) is 17.3. The Bertz CT molecular complexity index is 224. The van der Waals surface area contributed by atoms with Gasteiger partial charge in [0.15, 0.2) is 0 Å². The van der Waals surface area contributed by atoms with Gasteiger partial charge in [-0.3, -0.25) is 0 Å². The van der Waals surface area contributed by atoms with Crippen LogP contribution < -0.4 is 5.73 Å². The molecule has 0 amide bonds. The zero-order chi connectivity index (χ0) is 9.83. The molecule has 3 nitrogen and oxygen atoms in total. The number of rotatable bonds is 5. The monoisotopic (exact) mass is 197 g/mol. The molecule has 0 aromatic heterocycles. The average molecular weight is 197 g/mol. The molecule has 0 aromatic carbocycles. The van der Waals surface area contributed by atoms with Crippen molar-refractivity contribution in [1.29, 1.82) is 0 Å². The number of nitrogens with two attached hydrogens (primary N) is 1. The van der Waals surface area contributed by atoms with E-state index >= 15 is 0 Å². The van der Waals surface area contributed by atoms with Gasteiger partial charge in [0.1, 0.15) is 15.5 Å². The van der Waals surface area contributed by atoms with Crippen LogP contribution in [-0.4, -0.2) is 32.6 Å². The minimum atomic E-state index is -2.96. The minimum absolute atomic E-state index is 0.0342. The van der Waals surface area contributed by atoms with Gasteiger partial charge in [0.25, 0.3) is 0 Å². The Morgan fingerprint density at radius 2 is 2.00 bits per heavy atom. The van der Waals surface area contributed by atoms with Gasteiger partial charge in [0.2, 0.25) is 0 Å². The third-order valence-electron chi connectivity index (χ3n) is 1.64. The molecular weight excluding hydrogens is 181 g/mol. The van der Waals surface area contributed by atoms with Gasteiger partial charge in [0.05, 0.1) is 0 Å². The third-order valence-corrected chi connectivity index (χ3v) is 2.67. The second-order valence-corrected chi connectivity index (χ2v) is 5.61. The second-order valence-electron chi connectivity index (χ2n) is 3.35. The molecule has 1 unspecified atom stereocenters. The van der Waals surface area contributed by atoms with Gasteiger partial charge in [-0.05, 0) is 19.8 Å². The van der Waals surface area contributed by atoms with Crippen LogP contribution in [0.4, 0.5) is 4.39 Å². The molecule has 0 aliphatic heterocycles. The molecule has 0 spiro atoms. The van der Waals surface area contributed by atoms with Crippen molar-refractivity contribution in [3.8, 4) is 0 Å². The van der Waals surface area contributed by atoms with Crippen LogP contribution >= 0.6 is 0 Å². The van der Waals surface area contributed by atoms with Crippen LogP contribution in [0, 0.1) is 0 Å².